The lowest BCUT2D eigenvalue weighted by Crippen LogP contribution is -2.07. The fourth-order valence-electron chi connectivity index (χ4n) is 4.77. The van der Waals surface area contributed by atoms with Crippen LogP contribution in [0.5, 0.6) is 23.0 Å². The quantitative estimate of drug-likeness (QED) is 0.145. The van der Waals surface area contributed by atoms with Crippen LogP contribution in [0.2, 0.25) is 0 Å². The van der Waals surface area contributed by atoms with Crippen LogP contribution in [0.3, 0.4) is 0 Å². The van der Waals surface area contributed by atoms with Crippen molar-refractivity contribution in [2.75, 3.05) is 0 Å². The first-order valence-corrected chi connectivity index (χ1v) is 14.2. The van der Waals surface area contributed by atoms with Gasteiger partial charge in [0, 0.05) is 22.3 Å². The van der Waals surface area contributed by atoms with E-state index in [1.54, 1.807) is 97.1 Å². The van der Waals surface area contributed by atoms with E-state index in [0.717, 1.165) is 0 Å². The van der Waals surface area contributed by atoms with E-state index >= 15 is 0 Å². The molecule has 6 rings (SSSR count). The molecule has 0 saturated carbocycles. The van der Waals surface area contributed by atoms with Crippen LogP contribution in [0.25, 0.3) is 0 Å². The van der Waals surface area contributed by atoms with Gasteiger partial charge in [0.1, 0.15) is 34.6 Å². The van der Waals surface area contributed by atoms with Gasteiger partial charge < -0.3 is 9.47 Å². The van der Waals surface area contributed by atoms with Crippen molar-refractivity contribution in [3.8, 4) is 23.0 Å². The van der Waals surface area contributed by atoms with Crippen LogP contribution in [-0.2, 0) is 0 Å². The summed E-state index contributed by atoms with van der Waals surface area (Å²) in [5, 5.41) is 0. The van der Waals surface area contributed by atoms with Gasteiger partial charge in [0.05, 0.1) is 11.1 Å². The number of benzene rings is 6. The van der Waals surface area contributed by atoms with Crippen molar-refractivity contribution in [1.29, 1.82) is 0 Å². The van der Waals surface area contributed by atoms with Crippen LogP contribution >= 0.6 is 0 Å². The second kappa shape index (κ2) is 13.2. The lowest BCUT2D eigenvalue weighted by atomic mass is 9.96. The molecule has 0 N–H and O–H groups in total. The highest BCUT2D eigenvalue weighted by Gasteiger charge is 2.18. The fourth-order valence-corrected chi connectivity index (χ4v) is 4.77. The molecule has 0 amide bonds. The topological polar surface area (TPSA) is 69.7 Å². The Morgan fingerprint density at radius 2 is 0.674 bits per heavy atom. The summed E-state index contributed by atoms with van der Waals surface area (Å²) in [5.41, 5.74) is 2.07. The molecule has 0 aliphatic carbocycles. The minimum absolute atomic E-state index is 0.280. The van der Waals surface area contributed by atoms with Crippen molar-refractivity contribution in [2.45, 2.75) is 0 Å². The second-order valence-electron chi connectivity index (χ2n) is 10.2. The summed E-state index contributed by atoms with van der Waals surface area (Å²) in [6.45, 7) is 0. The first-order valence-electron chi connectivity index (χ1n) is 14.2. The van der Waals surface area contributed by atoms with Crippen molar-refractivity contribution in [3.63, 3.8) is 0 Å². The molecule has 0 radical (unpaired) electrons. The van der Waals surface area contributed by atoms with Crippen LogP contribution < -0.4 is 9.47 Å². The van der Waals surface area contributed by atoms with Crippen LogP contribution in [0.15, 0.2) is 146 Å². The van der Waals surface area contributed by atoms with Gasteiger partial charge in [0.2, 0.25) is 0 Å². The number of ketones is 3. The van der Waals surface area contributed by atoms with Crippen molar-refractivity contribution in [2.24, 2.45) is 0 Å². The normalized spacial score (nSPS) is 10.7. The maximum Gasteiger partial charge on any atom is 0.196 e. The monoisotopic (exact) mass is 610 g/mol. The first-order chi connectivity index (χ1) is 22.4. The smallest absolute Gasteiger partial charge is 0.196 e. The summed E-state index contributed by atoms with van der Waals surface area (Å²) >= 11 is 0. The van der Waals surface area contributed by atoms with Crippen LogP contribution in [0.1, 0.15) is 47.8 Å². The Bertz CT molecular complexity index is 1890. The number of rotatable bonds is 10. The van der Waals surface area contributed by atoms with Gasteiger partial charge in [-0.25, -0.2) is 8.78 Å². The lowest BCUT2D eigenvalue weighted by molar-refractivity contribution is 0.102. The van der Waals surface area contributed by atoms with E-state index in [4.69, 9.17) is 9.47 Å². The predicted octanol–water partition coefficient (Wildman–Crippen LogP) is 9.24. The highest BCUT2D eigenvalue weighted by molar-refractivity contribution is 6.14. The Balaban J connectivity index is 1.16. The largest absolute Gasteiger partial charge is 0.457 e. The van der Waals surface area contributed by atoms with Crippen molar-refractivity contribution >= 4 is 17.3 Å². The van der Waals surface area contributed by atoms with Crippen LogP contribution in [0.4, 0.5) is 8.78 Å². The fraction of sp³-hybridized carbons (Fsp3) is 0. The molecular formula is C39H24F2O5. The van der Waals surface area contributed by atoms with E-state index in [1.807, 2.05) is 0 Å². The standard InChI is InChI=1S/C39H24F2O5/c40-29-17-21-31(22-18-29)45-35-7-3-1-5-33(35)38(43)27-13-9-25(10-14-27)37(42)26-11-15-28(16-12-26)39(44)34-6-2-4-8-36(34)46-32-23-19-30(41)20-24-32/h1-24H. The van der Waals surface area contributed by atoms with Gasteiger partial charge >= 0.3 is 0 Å². The van der Waals surface area contributed by atoms with E-state index in [1.165, 1.54) is 48.5 Å². The maximum absolute atomic E-state index is 13.3. The summed E-state index contributed by atoms with van der Waals surface area (Å²) < 4.78 is 38.2. The minimum Gasteiger partial charge on any atom is -0.457 e. The van der Waals surface area contributed by atoms with E-state index in [0.29, 0.717) is 56.4 Å². The van der Waals surface area contributed by atoms with Crippen LogP contribution in [0, 0.1) is 11.6 Å². The molecule has 224 valence electrons. The zero-order valence-electron chi connectivity index (χ0n) is 24.2. The molecule has 0 atom stereocenters. The predicted molar refractivity (Wildman–Crippen MR) is 169 cm³/mol. The molecule has 0 unspecified atom stereocenters. The van der Waals surface area contributed by atoms with Gasteiger partial charge in [0.15, 0.2) is 17.3 Å². The Labute approximate surface area is 263 Å². The average Bonchev–Trinajstić information content (AvgIpc) is 3.10. The molecule has 0 aliphatic heterocycles. The number of carbonyl (C=O) groups is 3. The maximum atomic E-state index is 13.3. The van der Waals surface area contributed by atoms with Gasteiger partial charge in [-0.3, -0.25) is 14.4 Å². The van der Waals surface area contributed by atoms with Gasteiger partial charge in [-0.2, -0.15) is 0 Å². The first kappa shape index (κ1) is 29.8. The lowest BCUT2D eigenvalue weighted by Gasteiger charge is -2.11. The number of ether oxygens (including phenoxy) is 2. The summed E-state index contributed by atoms with van der Waals surface area (Å²) in [4.78, 5) is 39.9. The molecule has 0 saturated heterocycles. The number of hydrogen-bond donors (Lipinski definition) is 0. The van der Waals surface area contributed by atoms with E-state index in [-0.39, 0.29) is 17.3 Å². The molecule has 46 heavy (non-hydrogen) atoms. The van der Waals surface area contributed by atoms with Crippen molar-refractivity contribution in [1.82, 2.24) is 0 Å². The van der Waals surface area contributed by atoms with Gasteiger partial charge in [-0.15, -0.1) is 0 Å². The molecule has 5 nitrogen and oxygen atoms in total. The molecule has 0 fully saturated rings. The molecule has 0 bridgehead atoms. The highest BCUT2D eigenvalue weighted by Crippen LogP contribution is 2.29. The van der Waals surface area contributed by atoms with Gasteiger partial charge in [0.25, 0.3) is 0 Å². The molecule has 0 spiro atoms. The Hall–Kier alpha value is -6.21. The number of carbonyl (C=O) groups excluding carboxylic acids is 3. The molecule has 0 heterocycles. The van der Waals surface area contributed by atoms with Gasteiger partial charge in [-0.05, 0) is 72.8 Å². The van der Waals surface area contributed by atoms with Gasteiger partial charge in [-0.1, -0.05) is 72.8 Å². The molecule has 6 aromatic rings. The SMILES string of the molecule is O=C(c1ccc(C(=O)c2ccccc2Oc2ccc(F)cc2)cc1)c1ccc(C(=O)c2ccccc2Oc2ccc(F)cc2)cc1. The molecule has 6 aromatic carbocycles. The number of hydrogen-bond acceptors (Lipinski definition) is 5. The highest BCUT2D eigenvalue weighted by atomic mass is 19.1. The van der Waals surface area contributed by atoms with Crippen LogP contribution in [-0.4, -0.2) is 17.3 Å². The van der Waals surface area contributed by atoms with E-state index in [9.17, 15) is 23.2 Å². The molecular weight excluding hydrogens is 586 g/mol. The van der Waals surface area contributed by atoms with Crippen molar-refractivity contribution < 1.29 is 32.6 Å². The minimum atomic E-state index is -0.397. The van der Waals surface area contributed by atoms with Crippen molar-refractivity contribution in [3.05, 3.63) is 191 Å². The molecule has 7 heteroatoms. The third-order valence-corrected chi connectivity index (χ3v) is 7.16. The zero-order chi connectivity index (χ0) is 32.0. The summed E-state index contributed by atoms with van der Waals surface area (Å²) in [6, 6.07) is 37.0. The third kappa shape index (κ3) is 6.64. The van der Waals surface area contributed by atoms with E-state index in [2.05, 4.69) is 0 Å². The Morgan fingerprint density at radius 3 is 1.02 bits per heavy atom. The Kier molecular flexibility index (Phi) is 8.56. The number of para-hydroxylation sites is 2. The second-order valence-corrected chi connectivity index (χ2v) is 10.2. The molecule has 0 aromatic heterocycles. The Morgan fingerprint density at radius 1 is 0.370 bits per heavy atom. The summed E-state index contributed by atoms with van der Waals surface area (Å²) in [5.74, 6) is -0.268. The summed E-state index contributed by atoms with van der Waals surface area (Å²) in [7, 11) is 0. The third-order valence-electron chi connectivity index (χ3n) is 7.16. The van der Waals surface area contributed by atoms with E-state index < -0.39 is 11.6 Å². The number of halogens is 2. The molecule has 0 aliphatic rings. The summed E-state index contributed by atoms with van der Waals surface area (Å²) in [6.07, 6.45) is 0. The average molecular weight is 611 g/mol. The zero-order valence-corrected chi connectivity index (χ0v) is 24.2.